The summed E-state index contributed by atoms with van der Waals surface area (Å²) in [7, 11) is 1.62. The van der Waals surface area contributed by atoms with Gasteiger partial charge >= 0.3 is 0 Å². The van der Waals surface area contributed by atoms with Crippen molar-refractivity contribution in [3.63, 3.8) is 0 Å². The van der Waals surface area contributed by atoms with Gasteiger partial charge < -0.3 is 20.7 Å². The zero-order valence-corrected chi connectivity index (χ0v) is 15.7. The molecule has 0 heterocycles. The quantitative estimate of drug-likeness (QED) is 0.355. The number of guanidine groups is 1. The van der Waals surface area contributed by atoms with Crippen LogP contribution in [0.15, 0.2) is 23.2 Å². The molecular weight excluding hydrogens is 340 g/mol. The summed E-state index contributed by atoms with van der Waals surface area (Å²) < 4.78 is 5.15. The highest BCUT2D eigenvalue weighted by Gasteiger charge is 2.28. The largest absolute Gasteiger partial charge is 0.497 e. The summed E-state index contributed by atoms with van der Waals surface area (Å²) in [6.07, 6.45) is 2.80. The molecule has 0 unspecified atom stereocenters. The monoisotopic (exact) mass is 366 g/mol. The van der Waals surface area contributed by atoms with E-state index in [4.69, 9.17) is 16.3 Å². The maximum Gasteiger partial charge on any atom is 0.223 e. The summed E-state index contributed by atoms with van der Waals surface area (Å²) in [5.41, 5.74) is 1.04. The van der Waals surface area contributed by atoms with Gasteiger partial charge in [-0.25, -0.2) is 0 Å². The van der Waals surface area contributed by atoms with Crippen LogP contribution in [0.3, 0.4) is 0 Å². The Morgan fingerprint density at radius 3 is 2.68 bits per heavy atom. The lowest BCUT2D eigenvalue weighted by atomic mass is 10.1. The van der Waals surface area contributed by atoms with E-state index in [0.717, 1.165) is 43.1 Å². The molecule has 7 heteroatoms. The van der Waals surface area contributed by atoms with Crippen LogP contribution < -0.4 is 20.7 Å². The Kier molecular flexibility index (Phi) is 7.85. The standard InChI is InChI=1S/C18H27ClN4O2/c1-3-20-18(23-11-10-21-17(24)14-4-5-14)22-9-8-13-6-7-15(25-2)12-16(13)19/h6-7,12,14H,3-5,8-11H2,1-2H3,(H,21,24)(H2,20,22,23). The van der Waals surface area contributed by atoms with Gasteiger partial charge in [-0.3, -0.25) is 9.79 Å². The third kappa shape index (κ3) is 6.82. The van der Waals surface area contributed by atoms with Crippen LogP contribution in [-0.4, -0.2) is 45.2 Å². The highest BCUT2D eigenvalue weighted by Crippen LogP contribution is 2.28. The normalized spacial score (nSPS) is 14.1. The van der Waals surface area contributed by atoms with Crippen molar-refractivity contribution in [1.82, 2.24) is 16.0 Å². The van der Waals surface area contributed by atoms with E-state index in [0.29, 0.717) is 24.7 Å². The van der Waals surface area contributed by atoms with Crippen molar-refractivity contribution in [2.24, 2.45) is 10.9 Å². The van der Waals surface area contributed by atoms with Crippen LogP contribution in [0.2, 0.25) is 5.02 Å². The molecule has 0 bridgehead atoms. The number of methoxy groups -OCH3 is 1. The van der Waals surface area contributed by atoms with E-state index in [1.807, 2.05) is 25.1 Å². The maximum absolute atomic E-state index is 11.6. The van der Waals surface area contributed by atoms with Gasteiger partial charge in [-0.05, 0) is 43.9 Å². The van der Waals surface area contributed by atoms with E-state index in [9.17, 15) is 4.79 Å². The molecule has 0 saturated heterocycles. The first kappa shape index (κ1) is 19.4. The Morgan fingerprint density at radius 2 is 2.04 bits per heavy atom. The molecule has 0 atom stereocenters. The van der Waals surface area contributed by atoms with E-state index in [1.54, 1.807) is 7.11 Å². The first-order chi connectivity index (χ1) is 12.1. The predicted molar refractivity (Wildman–Crippen MR) is 101 cm³/mol. The molecule has 2 rings (SSSR count). The van der Waals surface area contributed by atoms with Gasteiger partial charge in [-0.1, -0.05) is 17.7 Å². The second kappa shape index (κ2) is 10.1. The number of amides is 1. The molecule has 1 saturated carbocycles. The predicted octanol–water partition coefficient (Wildman–Crippen LogP) is 1.97. The Labute approximate surface area is 154 Å². The lowest BCUT2D eigenvalue weighted by Crippen LogP contribution is -2.41. The van der Waals surface area contributed by atoms with Gasteiger partial charge in [0.15, 0.2) is 5.96 Å². The molecule has 1 fully saturated rings. The fourth-order valence-corrected chi connectivity index (χ4v) is 2.61. The smallest absolute Gasteiger partial charge is 0.223 e. The van der Waals surface area contributed by atoms with E-state index < -0.39 is 0 Å². The molecule has 1 amide bonds. The molecule has 1 aromatic rings. The van der Waals surface area contributed by atoms with Crippen molar-refractivity contribution in [2.75, 3.05) is 33.3 Å². The SMILES string of the molecule is CCNC(=NCCc1ccc(OC)cc1Cl)NCCNC(=O)C1CC1. The number of hydrogen-bond acceptors (Lipinski definition) is 3. The van der Waals surface area contributed by atoms with Crippen molar-refractivity contribution in [3.8, 4) is 5.75 Å². The van der Waals surface area contributed by atoms with E-state index in [-0.39, 0.29) is 11.8 Å². The Hall–Kier alpha value is -1.95. The molecule has 0 aliphatic heterocycles. The number of halogens is 1. The van der Waals surface area contributed by atoms with Gasteiger partial charge in [-0.2, -0.15) is 0 Å². The summed E-state index contributed by atoms with van der Waals surface area (Å²) in [5, 5.41) is 10.0. The van der Waals surface area contributed by atoms with Gasteiger partial charge in [-0.15, -0.1) is 0 Å². The van der Waals surface area contributed by atoms with Crippen LogP contribution in [0.1, 0.15) is 25.3 Å². The van der Waals surface area contributed by atoms with Crippen LogP contribution in [0.25, 0.3) is 0 Å². The average molecular weight is 367 g/mol. The second-order valence-electron chi connectivity index (χ2n) is 5.96. The van der Waals surface area contributed by atoms with Crippen LogP contribution >= 0.6 is 11.6 Å². The number of carbonyl (C=O) groups is 1. The number of hydrogen-bond donors (Lipinski definition) is 3. The Bertz CT molecular complexity index is 603. The number of benzene rings is 1. The molecule has 1 aromatic carbocycles. The topological polar surface area (TPSA) is 74.8 Å². The number of carbonyl (C=O) groups excluding carboxylic acids is 1. The molecule has 1 aliphatic carbocycles. The molecule has 0 aromatic heterocycles. The fraction of sp³-hybridized carbons (Fsp3) is 0.556. The van der Waals surface area contributed by atoms with Crippen molar-refractivity contribution in [1.29, 1.82) is 0 Å². The molecule has 25 heavy (non-hydrogen) atoms. The highest BCUT2D eigenvalue weighted by molar-refractivity contribution is 6.31. The number of nitrogens with one attached hydrogen (secondary N) is 3. The highest BCUT2D eigenvalue weighted by atomic mass is 35.5. The van der Waals surface area contributed by atoms with Gasteiger partial charge in [0.1, 0.15) is 5.75 Å². The molecule has 0 spiro atoms. The molecule has 138 valence electrons. The number of rotatable bonds is 9. The second-order valence-corrected chi connectivity index (χ2v) is 6.37. The van der Waals surface area contributed by atoms with E-state index in [2.05, 4.69) is 20.9 Å². The third-order valence-electron chi connectivity index (χ3n) is 3.92. The summed E-state index contributed by atoms with van der Waals surface area (Å²) in [5.74, 6) is 1.90. The molecule has 3 N–H and O–H groups in total. The number of ether oxygens (including phenoxy) is 1. The van der Waals surface area contributed by atoms with Crippen molar-refractivity contribution in [2.45, 2.75) is 26.2 Å². The molecular formula is C18H27ClN4O2. The van der Waals surface area contributed by atoms with Crippen LogP contribution in [-0.2, 0) is 11.2 Å². The van der Waals surface area contributed by atoms with Crippen molar-refractivity contribution >= 4 is 23.5 Å². The average Bonchev–Trinajstić information content (AvgIpc) is 3.44. The van der Waals surface area contributed by atoms with Gasteiger partial charge in [0.05, 0.1) is 7.11 Å². The minimum Gasteiger partial charge on any atom is -0.497 e. The summed E-state index contributed by atoms with van der Waals surface area (Å²) in [6, 6.07) is 5.67. The molecule has 6 nitrogen and oxygen atoms in total. The fourth-order valence-electron chi connectivity index (χ4n) is 2.34. The first-order valence-corrected chi connectivity index (χ1v) is 9.14. The minimum absolute atomic E-state index is 0.165. The lowest BCUT2D eigenvalue weighted by molar-refractivity contribution is -0.122. The lowest BCUT2D eigenvalue weighted by Gasteiger charge is -2.12. The third-order valence-corrected chi connectivity index (χ3v) is 4.27. The summed E-state index contributed by atoms with van der Waals surface area (Å²) in [6.45, 7) is 4.67. The van der Waals surface area contributed by atoms with Gasteiger partial charge in [0, 0.05) is 37.1 Å². The number of aliphatic imine (C=N–C) groups is 1. The van der Waals surface area contributed by atoms with Crippen LogP contribution in [0.5, 0.6) is 5.75 Å². The van der Waals surface area contributed by atoms with E-state index in [1.165, 1.54) is 0 Å². The van der Waals surface area contributed by atoms with Crippen molar-refractivity contribution < 1.29 is 9.53 Å². The number of nitrogens with zero attached hydrogens (tertiary/aromatic N) is 1. The van der Waals surface area contributed by atoms with E-state index >= 15 is 0 Å². The van der Waals surface area contributed by atoms with Gasteiger partial charge in [0.2, 0.25) is 5.91 Å². The summed E-state index contributed by atoms with van der Waals surface area (Å²) >= 11 is 6.25. The Balaban J connectivity index is 1.75. The minimum atomic E-state index is 0.165. The molecule has 1 aliphatic rings. The zero-order valence-electron chi connectivity index (χ0n) is 14.9. The Morgan fingerprint density at radius 1 is 1.28 bits per heavy atom. The summed E-state index contributed by atoms with van der Waals surface area (Å²) in [4.78, 5) is 16.1. The maximum atomic E-state index is 11.6. The van der Waals surface area contributed by atoms with Crippen molar-refractivity contribution in [3.05, 3.63) is 28.8 Å². The first-order valence-electron chi connectivity index (χ1n) is 8.76. The van der Waals surface area contributed by atoms with Crippen LogP contribution in [0.4, 0.5) is 0 Å². The van der Waals surface area contributed by atoms with Crippen LogP contribution in [0, 0.1) is 5.92 Å². The zero-order chi connectivity index (χ0) is 18.1. The van der Waals surface area contributed by atoms with Gasteiger partial charge in [0.25, 0.3) is 0 Å². The molecule has 0 radical (unpaired) electrons.